The molecule has 114 valence electrons. The molecule has 0 fully saturated rings. The van der Waals surface area contributed by atoms with Crippen LogP contribution in [0.3, 0.4) is 0 Å². The van der Waals surface area contributed by atoms with E-state index >= 15 is 0 Å². The van der Waals surface area contributed by atoms with Gasteiger partial charge in [-0.15, -0.1) is 0 Å². The monoisotopic (exact) mass is 273 g/mol. The predicted molar refractivity (Wildman–Crippen MR) is 78.2 cm³/mol. The molecule has 0 aliphatic carbocycles. The number of carbonyl (C=O) groups is 1. The first-order valence-electron chi connectivity index (χ1n) is 7.37. The highest BCUT2D eigenvalue weighted by atomic mass is 16.5. The van der Waals surface area contributed by atoms with Crippen molar-refractivity contribution in [3.8, 4) is 0 Å². The third-order valence-electron chi connectivity index (χ3n) is 3.26. The van der Waals surface area contributed by atoms with Crippen molar-refractivity contribution in [2.45, 2.75) is 58.9 Å². The van der Waals surface area contributed by atoms with Gasteiger partial charge in [-0.25, -0.2) is 0 Å². The molecule has 4 heteroatoms. The van der Waals surface area contributed by atoms with Crippen LogP contribution in [0.4, 0.5) is 0 Å². The van der Waals surface area contributed by atoms with Gasteiger partial charge in [-0.1, -0.05) is 20.8 Å². The van der Waals surface area contributed by atoms with Gasteiger partial charge in [-0.3, -0.25) is 4.79 Å². The molecule has 4 nitrogen and oxygen atoms in total. The first kappa shape index (κ1) is 18.4. The minimum absolute atomic E-state index is 0.185. The molecule has 1 atom stereocenters. The summed E-state index contributed by atoms with van der Waals surface area (Å²) in [6.07, 6.45) is 3.83. The van der Waals surface area contributed by atoms with Crippen molar-refractivity contribution in [1.82, 2.24) is 5.32 Å². The first-order valence-corrected chi connectivity index (χ1v) is 7.37. The van der Waals surface area contributed by atoms with Gasteiger partial charge >= 0.3 is 5.97 Å². The van der Waals surface area contributed by atoms with E-state index in [-0.39, 0.29) is 5.97 Å². The number of nitrogens with one attached hydrogen (secondary N) is 1. The van der Waals surface area contributed by atoms with E-state index in [1.807, 2.05) is 13.8 Å². The summed E-state index contributed by atoms with van der Waals surface area (Å²) < 4.78 is 10.4. The van der Waals surface area contributed by atoms with Gasteiger partial charge in [0.25, 0.3) is 0 Å². The van der Waals surface area contributed by atoms with Crippen molar-refractivity contribution in [2.24, 2.45) is 5.92 Å². The molecule has 0 heterocycles. The van der Waals surface area contributed by atoms with Gasteiger partial charge in [0.15, 0.2) is 0 Å². The van der Waals surface area contributed by atoms with Crippen LogP contribution in [0.25, 0.3) is 0 Å². The molecule has 0 aliphatic rings. The van der Waals surface area contributed by atoms with Crippen molar-refractivity contribution in [2.75, 3.05) is 26.9 Å². The Bertz CT molecular complexity index is 244. The quantitative estimate of drug-likeness (QED) is 0.464. The van der Waals surface area contributed by atoms with Crippen molar-refractivity contribution in [1.29, 1.82) is 0 Å². The number of hydrogen-bond donors (Lipinski definition) is 1. The van der Waals surface area contributed by atoms with Gasteiger partial charge in [0.2, 0.25) is 0 Å². The van der Waals surface area contributed by atoms with Crippen LogP contribution in [0.15, 0.2) is 0 Å². The summed E-state index contributed by atoms with van der Waals surface area (Å²) >= 11 is 0. The van der Waals surface area contributed by atoms with Crippen LogP contribution in [-0.2, 0) is 14.3 Å². The van der Waals surface area contributed by atoms with Gasteiger partial charge in [-0.05, 0) is 45.1 Å². The second-order valence-corrected chi connectivity index (χ2v) is 5.61. The summed E-state index contributed by atoms with van der Waals surface area (Å²) in [6.45, 7) is 10.7. The fourth-order valence-electron chi connectivity index (χ4n) is 1.98. The zero-order chi connectivity index (χ0) is 14.7. The molecule has 0 rings (SSSR count). The minimum Gasteiger partial charge on any atom is -0.468 e. The number of rotatable bonds is 11. The van der Waals surface area contributed by atoms with Crippen molar-refractivity contribution in [3.63, 3.8) is 0 Å². The normalized spacial score (nSPS) is 14.4. The Morgan fingerprint density at radius 3 is 2.47 bits per heavy atom. The maximum absolute atomic E-state index is 11.7. The fraction of sp³-hybridized carbons (Fsp3) is 0.933. The van der Waals surface area contributed by atoms with Gasteiger partial charge in [0.05, 0.1) is 7.11 Å². The Hall–Kier alpha value is -0.610. The van der Waals surface area contributed by atoms with E-state index in [0.29, 0.717) is 5.92 Å². The second-order valence-electron chi connectivity index (χ2n) is 5.61. The van der Waals surface area contributed by atoms with Crippen LogP contribution in [0.5, 0.6) is 0 Å². The van der Waals surface area contributed by atoms with Crippen molar-refractivity contribution in [3.05, 3.63) is 0 Å². The van der Waals surface area contributed by atoms with Gasteiger partial charge < -0.3 is 14.8 Å². The molecule has 0 saturated heterocycles. The van der Waals surface area contributed by atoms with Gasteiger partial charge in [0.1, 0.15) is 5.54 Å². The van der Waals surface area contributed by atoms with Crippen LogP contribution >= 0.6 is 0 Å². The number of esters is 1. The molecular weight excluding hydrogens is 242 g/mol. The lowest BCUT2D eigenvalue weighted by Crippen LogP contribution is -2.50. The summed E-state index contributed by atoms with van der Waals surface area (Å²) in [5, 5.41) is 3.21. The summed E-state index contributed by atoms with van der Waals surface area (Å²) in [7, 11) is 1.44. The van der Waals surface area contributed by atoms with Crippen LogP contribution in [0, 0.1) is 5.92 Å². The van der Waals surface area contributed by atoms with Crippen LogP contribution < -0.4 is 5.32 Å². The summed E-state index contributed by atoms with van der Waals surface area (Å²) in [5.74, 6) is 0.506. The van der Waals surface area contributed by atoms with Gasteiger partial charge in [0, 0.05) is 13.2 Å². The predicted octanol–water partition coefficient (Wildman–Crippen LogP) is 2.76. The molecule has 19 heavy (non-hydrogen) atoms. The Balaban J connectivity index is 3.79. The first-order chi connectivity index (χ1) is 8.96. The highest BCUT2D eigenvalue weighted by Crippen LogP contribution is 2.15. The summed E-state index contributed by atoms with van der Waals surface area (Å²) in [6, 6.07) is 0. The fourth-order valence-corrected chi connectivity index (χ4v) is 1.98. The maximum Gasteiger partial charge on any atom is 0.325 e. The van der Waals surface area contributed by atoms with E-state index in [1.165, 1.54) is 7.11 Å². The Morgan fingerprint density at radius 1 is 1.26 bits per heavy atom. The van der Waals surface area contributed by atoms with Gasteiger partial charge in [-0.2, -0.15) is 0 Å². The molecule has 1 unspecified atom stereocenters. The highest BCUT2D eigenvalue weighted by molar-refractivity contribution is 5.80. The molecule has 0 amide bonds. The van der Waals surface area contributed by atoms with E-state index in [1.54, 1.807) is 0 Å². The maximum atomic E-state index is 11.7. The average molecular weight is 273 g/mol. The molecule has 0 aromatic heterocycles. The lowest BCUT2D eigenvalue weighted by Gasteiger charge is -2.27. The van der Waals surface area contributed by atoms with Crippen molar-refractivity contribution >= 4 is 5.97 Å². The second kappa shape index (κ2) is 10.2. The van der Waals surface area contributed by atoms with Crippen LogP contribution in [-0.4, -0.2) is 38.4 Å². The molecule has 0 aliphatic heterocycles. The average Bonchev–Trinajstić information content (AvgIpc) is 2.36. The van der Waals surface area contributed by atoms with Crippen molar-refractivity contribution < 1.29 is 14.3 Å². The highest BCUT2D eigenvalue weighted by Gasteiger charge is 2.32. The zero-order valence-electron chi connectivity index (χ0n) is 13.3. The third kappa shape index (κ3) is 8.22. The minimum atomic E-state index is -0.568. The molecule has 0 spiro atoms. The summed E-state index contributed by atoms with van der Waals surface area (Å²) in [4.78, 5) is 11.7. The number of unbranched alkanes of at least 4 members (excludes halogenated alkanes) is 1. The molecule has 0 radical (unpaired) electrons. The Morgan fingerprint density at radius 2 is 1.95 bits per heavy atom. The molecule has 0 aromatic rings. The van der Waals surface area contributed by atoms with E-state index < -0.39 is 5.54 Å². The number of methoxy groups -OCH3 is 1. The lowest BCUT2D eigenvalue weighted by atomic mass is 9.95. The third-order valence-corrected chi connectivity index (χ3v) is 3.26. The Labute approximate surface area is 118 Å². The Kier molecular flexibility index (Phi) is 9.88. The number of hydrogen-bond acceptors (Lipinski definition) is 4. The van der Waals surface area contributed by atoms with E-state index in [4.69, 9.17) is 9.47 Å². The number of carbonyl (C=O) groups excluding carboxylic acids is 1. The molecule has 0 aromatic carbocycles. The molecule has 0 bridgehead atoms. The topological polar surface area (TPSA) is 47.6 Å². The van der Waals surface area contributed by atoms with E-state index in [2.05, 4.69) is 19.2 Å². The van der Waals surface area contributed by atoms with E-state index in [0.717, 1.165) is 45.4 Å². The zero-order valence-corrected chi connectivity index (χ0v) is 13.3. The van der Waals surface area contributed by atoms with E-state index in [9.17, 15) is 4.79 Å². The smallest absolute Gasteiger partial charge is 0.325 e. The largest absolute Gasteiger partial charge is 0.468 e. The number of likely N-dealkylation sites (N-methyl/N-ethyl adjacent to an activating group) is 1. The number of ether oxygens (including phenoxy) is 2. The molecule has 0 saturated carbocycles. The van der Waals surface area contributed by atoms with Crippen LogP contribution in [0.2, 0.25) is 0 Å². The summed E-state index contributed by atoms with van der Waals surface area (Å²) in [5.41, 5.74) is -0.568. The standard InChI is InChI=1S/C15H31NO3/c1-6-16-15(4,14(17)18-5)10-7-8-11-19-12-9-13(2)3/h13,16H,6-12H2,1-5H3. The molecular formula is C15H31NO3. The van der Waals surface area contributed by atoms with Crippen LogP contribution in [0.1, 0.15) is 53.4 Å². The SMILES string of the molecule is CCNC(C)(CCCCOCCC(C)C)C(=O)OC. The molecule has 1 N–H and O–H groups in total. The lowest BCUT2D eigenvalue weighted by molar-refractivity contribution is -0.148.